The van der Waals surface area contributed by atoms with E-state index >= 15 is 0 Å². The first-order chi connectivity index (χ1) is 11.2. The van der Waals surface area contributed by atoms with Crippen LogP contribution in [0.15, 0.2) is 18.2 Å². The second-order valence-corrected chi connectivity index (χ2v) is 6.41. The molecule has 23 heavy (non-hydrogen) atoms. The minimum Gasteiger partial charge on any atom is -0.496 e. The fourth-order valence-corrected chi connectivity index (χ4v) is 3.32. The number of fused-ring (bicyclic) bond motifs is 1. The van der Waals surface area contributed by atoms with Crippen molar-refractivity contribution in [3.05, 3.63) is 29.3 Å². The van der Waals surface area contributed by atoms with E-state index in [2.05, 4.69) is 6.92 Å². The first-order valence-corrected chi connectivity index (χ1v) is 8.52. The van der Waals surface area contributed by atoms with E-state index in [1.54, 1.807) is 13.2 Å². The van der Waals surface area contributed by atoms with Crippen LogP contribution in [0.2, 0.25) is 0 Å². The summed E-state index contributed by atoms with van der Waals surface area (Å²) < 4.78 is 11.3. The monoisotopic (exact) mass is 315 g/mol. The van der Waals surface area contributed by atoms with Gasteiger partial charge in [0.1, 0.15) is 17.6 Å². The van der Waals surface area contributed by atoms with Crippen molar-refractivity contribution in [1.82, 2.24) is 4.90 Å². The van der Waals surface area contributed by atoms with E-state index in [1.807, 2.05) is 23.1 Å². The molecule has 3 rings (SSSR count). The van der Waals surface area contributed by atoms with Crippen LogP contribution < -0.4 is 9.47 Å². The molecule has 1 saturated heterocycles. The molecule has 0 saturated carbocycles. The highest BCUT2D eigenvalue weighted by atomic mass is 16.5. The SMILES string of the molecule is COc1cc2c(cc1/C=C/C(=O)N1CCCCCC1)OC(C)C2. The molecule has 0 bridgehead atoms. The van der Waals surface area contributed by atoms with Gasteiger partial charge in [0.2, 0.25) is 5.91 Å². The van der Waals surface area contributed by atoms with E-state index < -0.39 is 0 Å². The molecule has 1 fully saturated rings. The molecule has 4 nitrogen and oxygen atoms in total. The van der Waals surface area contributed by atoms with Crippen molar-refractivity contribution in [1.29, 1.82) is 0 Å². The molecule has 1 aromatic carbocycles. The van der Waals surface area contributed by atoms with Crippen LogP contribution in [0.3, 0.4) is 0 Å². The van der Waals surface area contributed by atoms with Crippen LogP contribution in [-0.4, -0.2) is 37.1 Å². The molecular formula is C19H25NO3. The average Bonchev–Trinajstić information content (AvgIpc) is 2.75. The van der Waals surface area contributed by atoms with E-state index in [9.17, 15) is 4.79 Å². The Bertz CT molecular complexity index is 601. The van der Waals surface area contributed by atoms with Crippen LogP contribution in [0.1, 0.15) is 43.7 Å². The van der Waals surface area contributed by atoms with Crippen LogP contribution in [0, 0.1) is 0 Å². The zero-order valence-electron chi connectivity index (χ0n) is 14.0. The largest absolute Gasteiger partial charge is 0.496 e. The number of methoxy groups -OCH3 is 1. The Balaban J connectivity index is 1.76. The molecule has 1 atom stereocenters. The lowest BCUT2D eigenvalue weighted by atomic mass is 10.1. The normalized spacial score (nSPS) is 21.0. The van der Waals surface area contributed by atoms with E-state index in [0.717, 1.165) is 49.4 Å². The fraction of sp³-hybridized carbons (Fsp3) is 0.526. The van der Waals surface area contributed by atoms with Gasteiger partial charge in [-0.15, -0.1) is 0 Å². The quantitative estimate of drug-likeness (QED) is 0.802. The van der Waals surface area contributed by atoms with Crippen molar-refractivity contribution in [3.63, 3.8) is 0 Å². The van der Waals surface area contributed by atoms with Crippen molar-refractivity contribution in [2.45, 2.75) is 45.1 Å². The highest BCUT2D eigenvalue weighted by molar-refractivity contribution is 5.92. The lowest BCUT2D eigenvalue weighted by molar-refractivity contribution is -0.125. The molecule has 2 heterocycles. The predicted molar refractivity (Wildman–Crippen MR) is 90.9 cm³/mol. The summed E-state index contributed by atoms with van der Waals surface area (Å²) in [5, 5.41) is 0. The van der Waals surface area contributed by atoms with Gasteiger partial charge >= 0.3 is 0 Å². The van der Waals surface area contributed by atoms with Crippen molar-refractivity contribution in [3.8, 4) is 11.5 Å². The topological polar surface area (TPSA) is 38.8 Å². The number of amides is 1. The van der Waals surface area contributed by atoms with Crippen molar-refractivity contribution >= 4 is 12.0 Å². The lowest BCUT2D eigenvalue weighted by Gasteiger charge is -2.18. The summed E-state index contributed by atoms with van der Waals surface area (Å²) in [6.07, 6.45) is 9.27. The Kier molecular flexibility index (Phi) is 4.89. The molecule has 0 N–H and O–H groups in total. The average molecular weight is 315 g/mol. The summed E-state index contributed by atoms with van der Waals surface area (Å²) in [5.74, 6) is 1.78. The summed E-state index contributed by atoms with van der Waals surface area (Å²) in [6, 6.07) is 4.00. The third-order valence-electron chi connectivity index (χ3n) is 4.57. The minimum atomic E-state index is 0.0868. The van der Waals surface area contributed by atoms with Crippen LogP contribution in [0.25, 0.3) is 6.08 Å². The van der Waals surface area contributed by atoms with Gasteiger partial charge in [0.05, 0.1) is 7.11 Å². The molecule has 124 valence electrons. The first-order valence-electron chi connectivity index (χ1n) is 8.52. The Morgan fingerprint density at radius 1 is 1.26 bits per heavy atom. The fourth-order valence-electron chi connectivity index (χ4n) is 3.32. The highest BCUT2D eigenvalue weighted by Crippen LogP contribution is 2.35. The maximum Gasteiger partial charge on any atom is 0.246 e. The molecule has 2 aliphatic heterocycles. The number of hydrogen-bond acceptors (Lipinski definition) is 3. The maximum atomic E-state index is 12.4. The summed E-state index contributed by atoms with van der Waals surface area (Å²) in [5.41, 5.74) is 2.06. The van der Waals surface area contributed by atoms with Gasteiger partial charge in [-0.2, -0.15) is 0 Å². The standard InChI is InChI=1S/C19H25NO3/c1-14-11-16-13-17(22-2)15(12-18(16)23-14)7-8-19(21)20-9-5-3-4-6-10-20/h7-8,12-14H,3-6,9-11H2,1-2H3/b8-7+. The number of nitrogens with zero attached hydrogens (tertiary/aromatic N) is 1. The number of likely N-dealkylation sites (tertiary alicyclic amines) is 1. The van der Waals surface area contributed by atoms with Crippen molar-refractivity contribution in [2.75, 3.05) is 20.2 Å². The summed E-state index contributed by atoms with van der Waals surface area (Å²) in [7, 11) is 1.66. The molecule has 1 unspecified atom stereocenters. The van der Waals surface area contributed by atoms with Gasteiger partial charge in [-0.25, -0.2) is 0 Å². The maximum absolute atomic E-state index is 12.4. The summed E-state index contributed by atoms with van der Waals surface area (Å²) in [4.78, 5) is 14.3. The Hall–Kier alpha value is -1.97. The van der Waals surface area contributed by atoms with Crippen molar-refractivity contribution < 1.29 is 14.3 Å². The lowest BCUT2D eigenvalue weighted by Crippen LogP contribution is -2.30. The third-order valence-corrected chi connectivity index (χ3v) is 4.57. The van der Waals surface area contributed by atoms with Gasteiger partial charge in [-0.05, 0) is 38.0 Å². The second kappa shape index (κ2) is 7.07. The molecule has 0 aromatic heterocycles. The van der Waals surface area contributed by atoms with Gasteiger partial charge < -0.3 is 14.4 Å². The zero-order chi connectivity index (χ0) is 16.2. The van der Waals surface area contributed by atoms with E-state index in [-0.39, 0.29) is 12.0 Å². The molecule has 1 amide bonds. The number of benzene rings is 1. The smallest absolute Gasteiger partial charge is 0.246 e. The molecule has 4 heteroatoms. The van der Waals surface area contributed by atoms with Crippen LogP contribution >= 0.6 is 0 Å². The molecule has 0 spiro atoms. The van der Waals surface area contributed by atoms with Crippen LogP contribution in [0.5, 0.6) is 11.5 Å². The predicted octanol–water partition coefficient (Wildman–Crippen LogP) is 3.43. The van der Waals surface area contributed by atoms with Gasteiger partial charge in [0, 0.05) is 36.7 Å². The van der Waals surface area contributed by atoms with Crippen LogP contribution in [-0.2, 0) is 11.2 Å². The van der Waals surface area contributed by atoms with Gasteiger partial charge in [-0.3, -0.25) is 4.79 Å². The number of carbonyl (C=O) groups excluding carboxylic acids is 1. The molecule has 2 aliphatic rings. The molecule has 1 aromatic rings. The van der Waals surface area contributed by atoms with E-state index in [1.165, 1.54) is 18.4 Å². The molecule has 0 aliphatic carbocycles. The number of ether oxygens (including phenoxy) is 2. The number of carbonyl (C=O) groups is 1. The number of rotatable bonds is 3. The van der Waals surface area contributed by atoms with Gasteiger partial charge in [0.25, 0.3) is 0 Å². The Labute approximate surface area is 138 Å². The summed E-state index contributed by atoms with van der Waals surface area (Å²) >= 11 is 0. The van der Waals surface area contributed by atoms with Gasteiger partial charge in [0.15, 0.2) is 0 Å². The van der Waals surface area contributed by atoms with E-state index in [4.69, 9.17) is 9.47 Å². The Morgan fingerprint density at radius 3 is 2.70 bits per heavy atom. The highest BCUT2D eigenvalue weighted by Gasteiger charge is 2.21. The van der Waals surface area contributed by atoms with Crippen LogP contribution in [0.4, 0.5) is 0 Å². The first kappa shape index (κ1) is 15.9. The third kappa shape index (κ3) is 3.69. The van der Waals surface area contributed by atoms with Crippen molar-refractivity contribution in [2.24, 2.45) is 0 Å². The van der Waals surface area contributed by atoms with E-state index in [0.29, 0.717) is 0 Å². The van der Waals surface area contributed by atoms with Gasteiger partial charge in [-0.1, -0.05) is 12.8 Å². The minimum absolute atomic E-state index is 0.0868. The Morgan fingerprint density at radius 2 is 2.00 bits per heavy atom. The number of hydrogen-bond donors (Lipinski definition) is 0. The second-order valence-electron chi connectivity index (χ2n) is 6.41. The summed E-state index contributed by atoms with van der Waals surface area (Å²) in [6.45, 7) is 3.79. The zero-order valence-corrected chi connectivity index (χ0v) is 14.0. The molecular weight excluding hydrogens is 290 g/mol. The molecule has 0 radical (unpaired) electrons.